The Morgan fingerprint density at radius 3 is 2.65 bits per heavy atom. The number of halogens is 1. The van der Waals surface area contributed by atoms with Gasteiger partial charge in [-0.3, -0.25) is 9.36 Å². The summed E-state index contributed by atoms with van der Waals surface area (Å²) in [5.41, 5.74) is 7.95. The van der Waals surface area contributed by atoms with Crippen molar-refractivity contribution >= 4 is 21.6 Å². The number of hydrogen-bond acceptors (Lipinski definition) is 3. The molecule has 88 valence electrons. The number of rotatable bonds is 2. The monoisotopic (exact) mass is 293 g/mol. The topological polar surface area (TPSA) is 60.9 Å². The van der Waals surface area contributed by atoms with Crippen LogP contribution in [-0.2, 0) is 6.54 Å². The van der Waals surface area contributed by atoms with Crippen LogP contribution in [0, 0.1) is 6.92 Å². The molecule has 5 heteroatoms. The molecule has 0 aliphatic rings. The molecule has 0 saturated carbocycles. The van der Waals surface area contributed by atoms with Gasteiger partial charge in [-0.05, 0) is 40.5 Å². The Kier molecular flexibility index (Phi) is 3.28. The quantitative estimate of drug-likeness (QED) is 0.861. The first-order valence-electron chi connectivity index (χ1n) is 5.14. The third kappa shape index (κ3) is 2.55. The van der Waals surface area contributed by atoms with E-state index in [1.807, 2.05) is 24.3 Å². The number of nitrogen functional groups attached to an aromatic ring is 1. The molecule has 0 aliphatic heterocycles. The van der Waals surface area contributed by atoms with E-state index in [2.05, 4.69) is 20.9 Å². The second-order valence-corrected chi connectivity index (χ2v) is 4.61. The number of anilines is 1. The van der Waals surface area contributed by atoms with Gasteiger partial charge in [-0.1, -0.05) is 12.1 Å². The number of nitrogens with two attached hydrogens (primary N) is 1. The predicted octanol–water partition coefficient (Wildman–Crippen LogP) is 1.94. The Bertz CT molecular complexity index is 590. The summed E-state index contributed by atoms with van der Waals surface area (Å²) in [6, 6.07) is 7.43. The zero-order chi connectivity index (χ0) is 12.4. The Balaban J connectivity index is 2.34. The third-order valence-electron chi connectivity index (χ3n) is 2.49. The van der Waals surface area contributed by atoms with Gasteiger partial charge >= 0.3 is 0 Å². The molecule has 0 unspecified atom stereocenters. The minimum absolute atomic E-state index is 0.0747. The molecule has 2 aromatic rings. The average Bonchev–Trinajstić information content (AvgIpc) is 2.33. The molecule has 0 spiro atoms. The summed E-state index contributed by atoms with van der Waals surface area (Å²) in [5.74, 6) is 0. The summed E-state index contributed by atoms with van der Waals surface area (Å²) >= 11 is 3.24. The smallest absolute Gasteiger partial charge is 0.268 e. The van der Waals surface area contributed by atoms with Gasteiger partial charge in [0.25, 0.3) is 5.56 Å². The van der Waals surface area contributed by atoms with Crippen LogP contribution in [0.4, 0.5) is 5.69 Å². The van der Waals surface area contributed by atoms with Crippen molar-refractivity contribution in [3.63, 3.8) is 0 Å². The summed E-state index contributed by atoms with van der Waals surface area (Å²) in [4.78, 5) is 16.1. The zero-order valence-electron chi connectivity index (χ0n) is 9.35. The van der Waals surface area contributed by atoms with E-state index in [9.17, 15) is 4.79 Å². The van der Waals surface area contributed by atoms with E-state index in [0.29, 0.717) is 22.4 Å². The first-order chi connectivity index (χ1) is 8.08. The maximum Gasteiger partial charge on any atom is 0.268 e. The largest absolute Gasteiger partial charge is 0.399 e. The summed E-state index contributed by atoms with van der Waals surface area (Å²) in [6.07, 6.45) is 1.55. The van der Waals surface area contributed by atoms with E-state index in [0.717, 1.165) is 5.56 Å². The molecule has 1 heterocycles. The van der Waals surface area contributed by atoms with E-state index in [-0.39, 0.29) is 5.56 Å². The molecule has 2 N–H and O–H groups in total. The number of aryl methyl sites for hydroxylation is 1. The van der Waals surface area contributed by atoms with Crippen LogP contribution in [0.3, 0.4) is 0 Å². The average molecular weight is 294 g/mol. The van der Waals surface area contributed by atoms with Crippen molar-refractivity contribution in [2.75, 3.05) is 5.73 Å². The lowest BCUT2D eigenvalue weighted by Crippen LogP contribution is -2.22. The summed E-state index contributed by atoms with van der Waals surface area (Å²) in [6.45, 7) is 2.28. The van der Waals surface area contributed by atoms with E-state index in [1.165, 1.54) is 0 Å². The fourth-order valence-corrected chi connectivity index (χ4v) is 1.81. The number of nitrogens with zero attached hydrogens (tertiary/aromatic N) is 2. The van der Waals surface area contributed by atoms with Gasteiger partial charge in [0.1, 0.15) is 4.47 Å². The van der Waals surface area contributed by atoms with E-state index >= 15 is 0 Å². The molecular formula is C12H12BrN3O. The van der Waals surface area contributed by atoms with Crippen molar-refractivity contribution in [2.24, 2.45) is 0 Å². The number of benzene rings is 1. The second kappa shape index (κ2) is 4.71. The summed E-state index contributed by atoms with van der Waals surface area (Å²) in [7, 11) is 0. The van der Waals surface area contributed by atoms with Crippen LogP contribution in [0.15, 0.2) is 39.9 Å². The molecule has 0 atom stereocenters. The van der Waals surface area contributed by atoms with Crippen LogP contribution in [0.2, 0.25) is 0 Å². The van der Waals surface area contributed by atoms with Crippen LogP contribution in [-0.4, -0.2) is 9.55 Å². The van der Waals surface area contributed by atoms with Crippen molar-refractivity contribution in [2.45, 2.75) is 13.5 Å². The van der Waals surface area contributed by atoms with Crippen LogP contribution < -0.4 is 11.3 Å². The first-order valence-corrected chi connectivity index (χ1v) is 5.93. The molecule has 17 heavy (non-hydrogen) atoms. The molecule has 1 aromatic heterocycles. The standard InChI is InChI=1S/C12H12BrN3O/c1-8-11(13)12(17)16(7-15-8)6-9-2-4-10(14)5-3-9/h2-5,7H,6,14H2,1H3. The van der Waals surface area contributed by atoms with Gasteiger partial charge in [0.2, 0.25) is 0 Å². The molecule has 4 nitrogen and oxygen atoms in total. The summed E-state index contributed by atoms with van der Waals surface area (Å²) < 4.78 is 2.07. The highest BCUT2D eigenvalue weighted by Gasteiger charge is 2.05. The lowest BCUT2D eigenvalue weighted by atomic mass is 10.2. The van der Waals surface area contributed by atoms with Crippen molar-refractivity contribution < 1.29 is 0 Å². The normalized spacial score (nSPS) is 10.5. The fraction of sp³-hybridized carbons (Fsp3) is 0.167. The number of hydrogen-bond donors (Lipinski definition) is 1. The lowest BCUT2D eigenvalue weighted by molar-refractivity contribution is 0.724. The molecule has 0 amide bonds. The Morgan fingerprint density at radius 2 is 2.00 bits per heavy atom. The predicted molar refractivity (Wildman–Crippen MR) is 70.9 cm³/mol. The molecular weight excluding hydrogens is 282 g/mol. The third-order valence-corrected chi connectivity index (χ3v) is 3.40. The van der Waals surface area contributed by atoms with Gasteiger partial charge < -0.3 is 5.73 Å². The molecule has 0 aliphatic carbocycles. The van der Waals surface area contributed by atoms with Gasteiger partial charge in [0, 0.05) is 5.69 Å². The Morgan fingerprint density at radius 1 is 1.35 bits per heavy atom. The molecule has 0 saturated heterocycles. The highest BCUT2D eigenvalue weighted by molar-refractivity contribution is 9.10. The van der Waals surface area contributed by atoms with Crippen LogP contribution in [0.25, 0.3) is 0 Å². The van der Waals surface area contributed by atoms with Gasteiger partial charge in [-0.15, -0.1) is 0 Å². The molecule has 1 aromatic carbocycles. The highest BCUT2D eigenvalue weighted by atomic mass is 79.9. The van der Waals surface area contributed by atoms with Crippen LogP contribution in [0.1, 0.15) is 11.3 Å². The van der Waals surface area contributed by atoms with Crippen molar-refractivity contribution in [1.82, 2.24) is 9.55 Å². The number of aromatic nitrogens is 2. The van der Waals surface area contributed by atoms with Gasteiger partial charge in [-0.25, -0.2) is 4.98 Å². The van der Waals surface area contributed by atoms with E-state index < -0.39 is 0 Å². The van der Waals surface area contributed by atoms with E-state index in [1.54, 1.807) is 17.8 Å². The maximum atomic E-state index is 11.9. The minimum atomic E-state index is -0.0747. The molecule has 0 fully saturated rings. The van der Waals surface area contributed by atoms with Gasteiger partial charge in [0.15, 0.2) is 0 Å². The van der Waals surface area contributed by atoms with Crippen LogP contribution >= 0.6 is 15.9 Å². The van der Waals surface area contributed by atoms with Gasteiger partial charge in [-0.2, -0.15) is 0 Å². The minimum Gasteiger partial charge on any atom is -0.399 e. The molecule has 0 radical (unpaired) electrons. The van der Waals surface area contributed by atoms with Crippen molar-refractivity contribution in [1.29, 1.82) is 0 Å². The molecule has 0 bridgehead atoms. The highest BCUT2D eigenvalue weighted by Crippen LogP contribution is 2.09. The van der Waals surface area contributed by atoms with Gasteiger partial charge in [0.05, 0.1) is 18.6 Å². The zero-order valence-corrected chi connectivity index (χ0v) is 10.9. The fourth-order valence-electron chi connectivity index (χ4n) is 1.48. The maximum absolute atomic E-state index is 11.9. The van der Waals surface area contributed by atoms with E-state index in [4.69, 9.17) is 5.73 Å². The second-order valence-electron chi connectivity index (χ2n) is 3.82. The Hall–Kier alpha value is -1.62. The summed E-state index contributed by atoms with van der Waals surface area (Å²) in [5, 5.41) is 0. The van der Waals surface area contributed by atoms with Crippen molar-refractivity contribution in [3.05, 3.63) is 56.7 Å². The van der Waals surface area contributed by atoms with Crippen molar-refractivity contribution in [3.8, 4) is 0 Å². The first kappa shape index (κ1) is 11.9. The molecule has 2 rings (SSSR count). The lowest BCUT2D eigenvalue weighted by Gasteiger charge is -2.07. The van der Waals surface area contributed by atoms with Crippen LogP contribution in [0.5, 0.6) is 0 Å². The SMILES string of the molecule is Cc1ncn(Cc2ccc(N)cc2)c(=O)c1Br. The Labute approximate surface area is 107 Å².